The van der Waals surface area contributed by atoms with Crippen molar-refractivity contribution in [2.45, 2.75) is 57.5 Å². The van der Waals surface area contributed by atoms with Crippen LogP contribution < -0.4 is 5.32 Å². The van der Waals surface area contributed by atoms with Gasteiger partial charge in [0.15, 0.2) is 0 Å². The highest BCUT2D eigenvalue weighted by Crippen LogP contribution is 2.39. The molecule has 2 aliphatic rings. The van der Waals surface area contributed by atoms with Gasteiger partial charge >= 0.3 is 0 Å². The summed E-state index contributed by atoms with van der Waals surface area (Å²) < 4.78 is 4.00. The average Bonchev–Trinajstić information content (AvgIpc) is 3.25. The number of hydrogen-bond donors (Lipinski definition) is 1. The summed E-state index contributed by atoms with van der Waals surface area (Å²) in [5, 5.41) is 16.1. The molecule has 3 heterocycles. The highest BCUT2D eigenvalue weighted by Gasteiger charge is 2.31. The maximum absolute atomic E-state index is 12.4. The maximum atomic E-state index is 12.4. The molecule has 1 fully saturated rings. The molecule has 1 atom stereocenters. The van der Waals surface area contributed by atoms with Gasteiger partial charge in [-0.3, -0.25) is 9.48 Å². The highest BCUT2D eigenvalue weighted by molar-refractivity contribution is 5.92. The van der Waals surface area contributed by atoms with Crippen LogP contribution in [-0.4, -0.2) is 36.5 Å². The summed E-state index contributed by atoms with van der Waals surface area (Å²) in [6.45, 7) is 2.83. The fourth-order valence-electron chi connectivity index (χ4n) is 3.23. The largest absolute Gasteiger partial charge is 0.348 e. The first-order valence-electron chi connectivity index (χ1n) is 8.35. The smallest absolute Gasteiger partial charge is 0.272 e. The fraction of sp³-hybridized carbons (Fsp3) is 0.625. The average molecular weight is 314 g/mol. The molecular formula is C16H22N6O. The molecule has 0 spiro atoms. The first-order valence-corrected chi connectivity index (χ1v) is 8.35. The molecule has 0 saturated heterocycles. The second-order valence-corrected chi connectivity index (χ2v) is 6.69. The summed E-state index contributed by atoms with van der Waals surface area (Å²) in [6, 6.07) is 1.99. The van der Waals surface area contributed by atoms with E-state index < -0.39 is 0 Å². The van der Waals surface area contributed by atoms with E-state index in [0.717, 1.165) is 43.1 Å². The molecule has 0 radical (unpaired) electrons. The molecule has 0 bridgehead atoms. The van der Waals surface area contributed by atoms with Crippen molar-refractivity contribution in [3.8, 4) is 0 Å². The van der Waals surface area contributed by atoms with Gasteiger partial charge in [0.1, 0.15) is 17.3 Å². The molecule has 1 amide bonds. The summed E-state index contributed by atoms with van der Waals surface area (Å²) in [6.07, 6.45) is 5.16. The minimum Gasteiger partial charge on any atom is -0.348 e. The maximum Gasteiger partial charge on any atom is 0.272 e. The lowest BCUT2D eigenvalue weighted by molar-refractivity contribution is 0.0927. The van der Waals surface area contributed by atoms with Gasteiger partial charge in [-0.05, 0) is 38.7 Å². The molecule has 2 aromatic rings. The van der Waals surface area contributed by atoms with Gasteiger partial charge in [0.25, 0.3) is 5.91 Å². The van der Waals surface area contributed by atoms with Gasteiger partial charge in [0.2, 0.25) is 0 Å². The van der Waals surface area contributed by atoms with Crippen LogP contribution in [0.25, 0.3) is 0 Å². The first-order chi connectivity index (χ1) is 11.1. The van der Waals surface area contributed by atoms with Crippen LogP contribution in [0.4, 0.5) is 0 Å². The second-order valence-electron chi connectivity index (χ2n) is 6.69. The van der Waals surface area contributed by atoms with Crippen LogP contribution in [0.15, 0.2) is 6.07 Å². The van der Waals surface area contributed by atoms with E-state index >= 15 is 0 Å². The van der Waals surface area contributed by atoms with Crippen molar-refractivity contribution in [3.05, 3.63) is 29.1 Å². The number of carbonyl (C=O) groups is 1. The minimum atomic E-state index is -0.0845. The normalized spacial score (nSPS) is 20.9. The van der Waals surface area contributed by atoms with Gasteiger partial charge in [-0.25, -0.2) is 0 Å². The van der Waals surface area contributed by atoms with Crippen molar-refractivity contribution in [1.29, 1.82) is 0 Å². The second kappa shape index (κ2) is 5.47. The zero-order chi connectivity index (χ0) is 16.0. The topological polar surface area (TPSA) is 77.6 Å². The Balaban J connectivity index is 1.42. The standard InChI is InChI=1S/C16H22N6O/c1-10-9-13(20-21(10)2)16(23)17-12-5-6-14-18-19-15(11-3-4-11)22(14)8-7-12/h9,11-12H,3-8H2,1-2H3,(H,17,23). The van der Waals surface area contributed by atoms with Crippen molar-refractivity contribution >= 4 is 5.91 Å². The van der Waals surface area contributed by atoms with E-state index in [1.54, 1.807) is 4.68 Å². The lowest BCUT2D eigenvalue weighted by Gasteiger charge is -2.15. The number of fused-ring (bicyclic) bond motifs is 1. The number of rotatable bonds is 3. The molecule has 1 N–H and O–H groups in total. The number of nitrogens with zero attached hydrogens (tertiary/aromatic N) is 5. The van der Waals surface area contributed by atoms with Crippen LogP contribution >= 0.6 is 0 Å². The molecule has 1 aliphatic heterocycles. The molecule has 1 saturated carbocycles. The Morgan fingerprint density at radius 2 is 2.09 bits per heavy atom. The Kier molecular flexibility index (Phi) is 3.43. The van der Waals surface area contributed by atoms with Crippen molar-refractivity contribution < 1.29 is 4.79 Å². The molecule has 1 aliphatic carbocycles. The Morgan fingerprint density at radius 3 is 2.78 bits per heavy atom. The fourth-order valence-corrected chi connectivity index (χ4v) is 3.23. The number of aromatic nitrogens is 5. The summed E-state index contributed by atoms with van der Waals surface area (Å²) in [4.78, 5) is 12.4. The first kappa shape index (κ1) is 14.4. The van der Waals surface area contributed by atoms with E-state index in [1.807, 2.05) is 20.0 Å². The zero-order valence-corrected chi connectivity index (χ0v) is 13.6. The molecule has 7 heteroatoms. The van der Waals surface area contributed by atoms with Gasteiger partial charge in [0, 0.05) is 37.7 Å². The van der Waals surface area contributed by atoms with Crippen molar-refractivity contribution in [1.82, 2.24) is 29.9 Å². The predicted octanol–water partition coefficient (Wildman–Crippen LogP) is 1.33. The molecule has 1 unspecified atom stereocenters. The van der Waals surface area contributed by atoms with Gasteiger partial charge in [0.05, 0.1) is 0 Å². The minimum absolute atomic E-state index is 0.0845. The van der Waals surface area contributed by atoms with E-state index in [2.05, 4.69) is 25.2 Å². The number of nitrogens with one attached hydrogen (secondary N) is 1. The van der Waals surface area contributed by atoms with Gasteiger partial charge in [-0.2, -0.15) is 5.10 Å². The third-order valence-electron chi connectivity index (χ3n) is 4.90. The Bertz CT molecular complexity index is 722. The Hall–Kier alpha value is -2.18. The monoisotopic (exact) mass is 314 g/mol. The van der Waals surface area contributed by atoms with E-state index in [9.17, 15) is 4.79 Å². The summed E-state index contributed by atoms with van der Waals surface area (Å²) in [5.74, 6) is 2.74. The van der Waals surface area contributed by atoms with Crippen LogP contribution in [-0.2, 0) is 20.0 Å². The lowest BCUT2D eigenvalue weighted by atomic mass is 10.1. The molecule has 122 valence electrons. The van der Waals surface area contributed by atoms with E-state index in [0.29, 0.717) is 11.6 Å². The van der Waals surface area contributed by atoms with Crippen LogP contribution in [0.5, 0.6) is 0 Å². The Labute approximate surface area is 135 Å². The summed E-state index contributed by atoms with van der Waals surface area (Å²) in [7, 11) is 1.85. The quantitative estimate of drug-likeness (QED) is 0.927. The number of carbonyl (C=O) groups excluding carboxylic acids is 1. The van der Waals surface area contributed by atoms with Gasteiger partial charge in [-0.15, -0.1) is 10.2 Å². The molecule has 0 aromatic carbocycles. The van der Waals surface area contributed by atoms with Crippen molar-refractivity contribution in [2.24, 2.45) is 7.05 Å². The van der Waals surface area contributed by atoms with Gasteiger partial charge < -0.3 is 9.88 Å². The zero-order valence-electron chi connectivity index (χ0n) is 13.6. The van der Waals surface area contributed by atoms with Crippen LogP contribution in [0.2, 0.25) is 0 Å². The summed E-state index contributed by atoms with van der Waals surface area (Å²) >= 11 is 0. The summed E-state index contributed by atoms with van der Waals surface area (Å²) in [5.41, 5.74) is 1.48. The van der Waals surface area contributed by atoms with E-state index in [1.165, 1.54) is 12.8 Å². The number of amides is 1. The third kappa shape index (κ3) is 2.75. The van der Waals surface area contributed by atoms with Crippen LogP contribution in [0, 0.1) is 6.92 Å². The lowest BCUT2D eigenvalue weighted by Crippen LogP contribution is -2.35. The predicted molar refractivity (Wildman–Crippen MR) is 84.1 cm³/mol. The molecule has 23 heavy (non-hydrogen) atoms. The van der Waals surface area contributed by atoms with E-state index in [4.69, 9.17) is 0 Å². The molecule has 2 aromatic heterocycles. The molecule has 7 nitrogen and oxygen atoms in total. The molecule has 4 rings (SSSR count). The van der Waals surface area contributed by atoms with Crippen molar-refractivity contribution in [3.63, 3.8) is 0 Å². The molecular weight excluding hydrogens is 292 g/mol. The van der Waals surface area contributed by atoms with Crippen molar-refractivity contribution in [2.75, 3.05) is 0 Å². The SMILES string of the molecule is Cc1cc(C(=O)NC2CCc3nnc(C4CC4)n3CC2)nn1C. The Morgan fingerprint density at radius 1 is 1.26 bits per heavy atom. The highest BCUT2D eigenvalue weighted by atomic mass is 16.2. The van der Waals surface area contributed by atoms with E-state index in [-0.39, 0.29) is 11.9 Å². The third-order valence-corrected chi connectivity index (χ3v) is 4.90. The van der Waals surface area contributed by atoms with Gasteiger partial charge in [-0.1, -0.05) is 0 Å². The van der Waals surface area contributed by atoms with Crippen LogP contribution in [0.3, 0.4) is 0 Å². The van der Waals surface area contributed by atoms with Crippen LogP contribution in [0.1, 0.15) is 59.4 Å². The number of aryl methyl sites for hydroxylation is 3. The number of hydrogen-bond acceptors (Lipinski definition) is 4.